The highest BCUT2D eigenvalue weighted by Crippen LogP contribution is 2.51. The molecule has 6 aromatic carbocycles. The number of benzene rings is 6. The summed E-state index contributed by atoms with van der Waals surface area (Å²) in [4.78, 5) is 14.8. The van der Waals surface area contributed by atoms with E-state index in [0.29, 0.717) is 17.5 Å². The fourth-order valence-corrected chi connectivity index (χ4v) is 8.34. The highest BCUT2D eigenvalue weighted by Gasteiger charge is 2.36. The Morgan fingerprint density at radius 1 is 0.648 bits per heavy atom. The molecule has 5 nitrogen and oxygen atoms in total. The standard InChI is InChI=1S/C49H36N4O/c1-5-7-16-30(6-2)46-50-47(31-17-9-8-10-18-31)52-48(51-46)32-25-26-35-36-21-15-24-42(45(36)54-44(35)27-32)53-41-23-14-12-20-34(41)38-28-37-33-19-11-13-22-39(33)49(3,4)40(37)29-43(38)53/h5-29H,1H2,2-4H3/b16-7-,30-6+. The Morgan fingerprint density at radius 3 is 2.24 bits per heavy atom. The maximum Gasteiger partial charge on any atom is 0.164 e. The Bertz CT molecular complexity index is 3050. The molecule has 1 aliphatic carbocycles. The van der Waals surface area contributed by atoms with Crippen molar-refractivity contribution in [1.29, 1.82) is 0 Å². The number of fused-ring (bicyclic) bond motifs is 9. The molecule has 0 bridgehead atoms. The molecule has 3 aromatic heterocycles. The van der Waals surface area contributed by atoms with Gasteiger partial charge in [-0.1, -0.05) is 136 Å². The minimum Gasteiger partial charge on any atom is -0.454 e. The smallest absolute Gasteiger partial charge is 0.164 e. The van der Waals surface area contributed by atoms with E-state index in [4.69, 9.17) is 19.4 Å². The number of aromatic nitrogens is 4. The lowest BCUT2D eigenvalue weighted by Gasteiger charge is -2.21. The van der Waals surface area contributed by atoms with Crippen molar-refractivity contribution in [3.05, 3.63) is 175 Å². The van der Waals surface area contributed by atoms with E-state index in [1.54, 1.807) is 6.08 Å². The molecular weight excluding hydrogens is 661 g/mol. The Balaban J connectivity index is 1.17. The maximum absolute atomic E-state index is 6.89. The van der Waals surface area contributed by atoms with Gasteiger partial charge >= 0.3 is 0 Å². The van der Waals surface area contributed by atoms with Gasteiger partial charge in [0.2, 0.25) is 0 Å². The summed E-state index contributed by atoms with van der Waals surface area (Å²) in [5.74, 6) is 1.78. The summed E-state index contributed by atoms with van der Waals surface area (Å²) in [7, 11) is 0. The molecule has 1 aliphatic rings. The van der Waals surface area contributed by atoms with Crippen LogP contribution in [-0.2, 0) is 5.41 Å². The first-order valence-corrected chi connectivity index (χ1v) is 18.4. The zero-order valence-electron chi connectivity index (χ0n) is 30.3. The predicted octanol–water partition coefficient (Wildman–Crippen LogP) is 12.7. The second-order valence-corrected chi connectivity index (χ2v) is 14.4. The summed E-state index contributed by atoms with van der Waals surface area (Å²) in [6.07, 6.45) is 7.61. The topological polar surface area (TPSA) is 56.7 Å². The van der Waals surface area contributed by atoms with E-state index < -0.39 is 0 Å². The van der Waals surface area contributed by atoms with Crippen molar-refractivity contribution in [3.8, 4) is 39.6 Å². The molecule has 0 amide bonds. The SMILES string of the molecule is C=C/C=C\C(=C/C)c1nc(-c2ccccc2)nc(-c2ccc3c(c2)oc2c(-n4c5ccccc5c5cc6c(cc54)C(C)(C)c4ccccc4-6)cccc23)n1. The average molecular weight is 697 g/mol. The van der Waals surface area contributed by atoms with Crippen LogP contribution in [0.1, 0.15) is 37.7 Å². The van der Waals surface area contributed by atoms with Gasteiger partial charge in [0.1, 0.15) is 5.58 Å². The van der Waals surface area contributed by atoms with Gasteiger partial charge in [-0.05, 0) is 65.6 Å². The van der Waals surface area contributed by atoms with Crippen molar-refractivity contribution in [2.45, 2.75) is 26.2 Å². The minimum atomic E-state index is -0.117. The van der Waals surface area contributed by atoms with E-state index >= 15 is 0 Å². The van der Waals surface area contributed by atoms with E-state index in [-0.39, 0.29) is 5.41 Å². The molecule has 0 aliphatic heterocycles. The van der Waals surface area contributed by atoms with Gasteiger partial charge in [0.25, 0.3) is 0 Å². The second-order valence-electron chi connectivity index (χ2n) is 14.4. The molecule has 0 unspecified atom stereocenters. The summed E-state index contributed by atoms with van der Waals surface area (Å²) in [6.45, 7) is 10.5. The summed E-state index contributed by atoms with van der Waals surface area (Å²) in [5, 5.41) is 4.54. The van der Waals surface area contributed by atoms with Crippen LogP contribution in [0.25, 0.3) is 88.9 Å². The van der Waals surface area contributed by atoms with Crippen molar-refractivity contribution in [1.82, 2.24) is 19.5 Å². The number of nitrogens with zero attached hydrogens (tertiary/aromatic N) is 4. The van der Waals surface area contributed by atoms with Crippen LogP contribution in [0.15, 0.2) is 163 Å². The zero-order valence-corrected chi connectivity index (χ0v) is 30.3. The van der Waals surface area contributed by atoms with Crippen LogP contribution in [0.4, 0.5) is 0 Å². The molecule has 0 fully saturated rings. The molecule has 0 saturated heterocycles. The highest BCUT2D eigenvalue weighted by molar-refractivity contribution is 6.14. The molecule has 9 aromatic rings. The van der Waals surface area contributed by atoms with Gasteiger partial charge in [0, 0.05) is 43.7 Å². The van der Waals surface area contributed by atoms with Gasteiger partial charge in [-0.25, -0.2) is 15.0 Å². The largest absolute Gasteiger partial charge is 0.454 e. The van der Waals surface area contributed by atoms with Crippen molar-refractivity contribution >= 4 is 49.3 Å². The molecule has 0 N–H and O–H groups in total. The molecule has 0 spiro atoms. The second kappa shape index (κ2) is 12.1. The lowest BCUT2D eigenvalue weighted by atomic mass is 9.82. The molecule has 0 atom stereocenters. The van der Waals surface area contributed by atoms with Crippen molar-refractivity contribution in [3.63, 3.8) is 0 Å². The normalized spacial score (nSPS) is 13.7. The number of hydrogen-bond acceptors (Lipinski definition) is 4. The lowest BCUT2D eigenvalue weighted by molar-refractivity contribution is 0.660. The van der Waals surface area contributed by atoms with E-state index in [1.807, 2.05) is 55.5 Å². The average Bonchev–Trinajstić information content (AvgIpc) is 3.83. The number of para-hydroxylation sites is 2. The Morgan fingerprint density at radius 2 is 1.41 bits per heavy atom. The molecule has 54 heavy (non-hydrogen) atoms. The number of hydrogen-bond donors (Lipinski definition) is 0. The third kappa shape index (κ3) is 4.75. The zero-order chi connectivity index (χ0) is 36.6. The van der Waals surface area contributed by atoms with Crippen LogP contribution in [0.3, 0.4) is 0 Å². The molecule has 0 saturated carbocycles. The van der Waals surface area contributed by atoms with E-state index in [9.17, 15) is 0 Å². The number of furan rings is 1. The van der Waals surface area contributed by atoms with Gasteiger partial charge in [-0.2, -0.15) is 0 Å². The van der Waals surface area contributed by atoms with E-state index in [1.165, 1.54) is 38.5 Å². The summed E-state index contributed by atoms with van der Waals surface area (Å²) in [5.41, 5.74) is 12.8. The van der Waals surface area contributed by atoms with Gasteiger partial charge in [-0.3, -0.25) is 0 Å². The van der Waals surface area contributed by atoms with Crippen LogP contribution in [0, 0.1) is 0 Å². The third-order valence-electron chi connectivity index (χ3n) is 11.0. The van der Waals surface area contributed by atoms with Crippen LogP contribution in [0.5, 0.6) is 0 Å². The first-order chi connectivity index (χ1) is 26.4. The van der Waals surface area contributed by atoms with Crippen LogP contribution >= 0.6 is 0 Å². The molecular formula is C49H36N4O. The van der Waals surface area contributed by atoms with Gasteiger partial charge in [-0.15, -0.1) is 0 Å². The monoisotopic (exact) mass is 696 g/mol. The molecule has 0 radical (unpaired) electrons. The van der Waals surface area contributed by atoms with Gasteiger partial charge in [0.05, 0.1) is 16.7 Å². The van der Waals surface area contributed by atoms with Crippen molar-refractivity contribution in [2.24, 2.45) is 0 Å². The fraction of sp³-hybridized carbons (Fsp3) is 0.0816. The molecule has 5 heteroatoms. The quantitative estimate of drug-likeness (QED) is 0.162. The number of allylic oxidation sites excluding steroid dienone is 5. The van der Waals surface area contributed by atoms with Crippen molar-refractivity contribution < 1.29 is 4.42 Å². The number of rotatable bonds is 6. The summed E-state index contributed by atoms with van der Waals surface area (Å²) in [6, 6.07) is 45.1. The van der Waals surface area contributed by atoms with E-state index in [2.05, 4.69) is 122 Å². The predicted molar refractivity (Wildman–Crippen MR) is 223 cm³/mol. The minimum absolute atomic E-state index is 0.117. The van der Waals surface area contributed by atoms with Crippen LogP contribution in [-0.4, -0.2) is 19.5 Å². The summed E-state index contributed by atoms with van der Waals surface area (Å²) >= 11 is 0. The van der Waals surface area contributed by atoms with Gasteiger partial charge in [0.15, 0.2) is 23.1 Å². The van der Waals surface area contributed by atoms with Crippen LogP contribution < -0.4 is 0 Å². The Kier molecular flexibility index (Phi) is 7.14. The first kappa shape index (κ1) is 31.9. The maximum atomic E-state index is 6.89. The third-order valence-corrected chi connectivity index (χ3v) is 11.0. The molecule has 258 valence electrons. The molecule has 3 heterocycles. The Hall–Kier alpha value is -6.85. The van der Waals surface area contributed by atoms with Crippen LogP contribution in [0.2, 0.25) is 0 Å². The molecule has 10 rings (SSSR count). The van der Waals surface area contributed by atoms with Gasteiger partial charge < -0.3 is 8.98 Å². The highest BCUT2D eigenvalue weighted by atomic mass is 16.3. The first-order valence-electron chi connectivity index (χ1n) is 18.4. The van der Waals surface area contributed by atoms with E-state index in [0.717, 1.165) is 49.8 Å². The Labute approximate surface area is 313 Å². The lowest BCUT2D eigenvalue weighted by Crippen LogP contribution is -2.14. The summed E-state index contributed by atoms with van der Waals surface area (Å²) < 4.78 is 9.28. The fourth-order valence-electron chi connectivity index (χ4n) is 8.34. The van der Waals surface area contributed by atoms with Crippen molar-refractivity contribution in [2.75, 3.05) is 0 Å².